The Morgan fingerprint density at radius 3 is 2.70 bits per heavy atom. The third kappa shape index (κ3) is 4.68. The molecule has 1 fully saturated rings. The fraction of sp³-hybridized carbons (Fsp3) is 0.714. The molecule has 1 aromatic rings. The largest absolute Gasteiger partial charge is 0.361 e. The summed E-state index contributed by atoms with van der Waals surface area (Å²) in [5.74, 6) is 1.77. The number of rotatable bonds is 5. The second-order valence-electron chi connectivity index (χ2n) is 5.89. The van der Waals surface area contributed by atoms with Gasteiger partial charge >= 0.3 is 0 Å². The third-order valence-electron chi connectivity index (χ3n) is 4.11. The molecule has 1 saturated heterocycles. The first-order chi connectivity index (χ1) is 10.8. The van der Waals surface area contributed by atoms with Gasteiger partial charge in [-0.25, -0.2) is 12.7 Å². The number of guanidine groups is 1. The van der Waals surface area contributed by atoms with Crippen molar-refractivity contribution in [2.75, 3.05) is 32.9 Å². The predicted octanol–water partition coefficient (Wildman–Crippen LogP) is 0.238. The van der Waals surface area contributed by atoms with E-state index >= 15 is 0 Å². The molecule has 0 amide bonds. The van der Waals surface area contributed by atoms with Crippen LogP contribution in [0.2, 0.25) is 0 Å². The molecule has 2 rings (SSSR count). The van der Waals surface area contributed by atoms with Gasteiger partial charge in [0.15, 0.2) is 5.96 Å². The quantitative estimate of drug-likeness (QED) is 0.587. The molecule has 8 nitrogen and oxygen atoms in total. The molecule has 1 unspecified atom stereocenters. The van der Waals surface area contributed by atoms with Gasteiger partial charge in [-0.2, -0.15) is 0 Å². The summed E-state index contributed by atoms with van der Waals surface area (Å²) in [5.41, 5.74) is 1.89. The lowest BCUT2D eigenvalue weighted by Crippen LogP contribution is -2.40. The van der Waals surface area contributed by atoms with Gasteiger partial charge in [-0.05, 0) is 26.2 Å². The number of nitrogens with zero attached hydrogens (tertiary/aromatic N) is 3. The van der Waals surface area contributed by atoms with Gasteiger partial charge in [0, 0.05) is 38.8 Å². The molecule has 0 saturated carbocycles. The van der Waals surface area contributed by atoms with E-state index in [1.807, 2.05) is 13.8 Å². The van der Waals surface area contributed by atoms with Crippen molar-refractivity contribution in [3.8, 4) is 0 Å². The molecule has 0 aromatic carbocycles. The Labute approximate surface area is 137 Å². The number of sulfonamides is 1. The Morgan fingerprint density at radius 1 is 1.43 bits per heavy atom. The number of aromatic nitrogens is 1. The van der Waals surface area contributed by atoms with Crippen LogP contribution in [0, 0.1) is 19.8 Å². The summed E-state index contributed by atoms with van der Waals surface area (Å²) in [5, 5.41) is 10.4. The van der Waals surface area contributed by atoms with Gasteiger partial charge in [0.2, 0.25) is 10.0 Å². The smallest absolute Gasteiger partial charge is 0.211 e. The lowest BCUT2D eigenvalue weighted by Gasteiger charge is -2.16. The fourth-order valence-corrected chi connectivity index (χ4v) is 3.57. The lowest BCUT2D eigenvalue weighted by molar-refractivity contribution is 0.392. The zero-order valence-corrected chi connectivity index (χ0v) is 14.9. The topological polar surface area (TPSA) is 99.8 Å². The number of aryl methyl sites for hydroxylation is 2. The molecule has 9 heteroatoms. The van der Waals surface area contributed by atoms with Crippen molar-refractivity contribution in [2.24, 2.45) is 10.9 Å². The molecule has 0 radical (unpaired) electrons. The summed E-state index contributed by atoms with van der Waals surface area (Å²) in [6.45, 7) is 6.21. The lowest BCUT2D eigenvalue weighted by atomic mass is 10.1. The number of hydrogen-bond donors (Lipinski definition) is 2. The zero-order valence-electron chi connectivity index (χ0n) is 14.1. The molecule has 1 aliphatic heterocycles. The maximum absolute atomic E-state index is 11.5. The van der Waals surface area contributed by atoms with Gasteiger partial charge in [0.05, 0.1) is 11.9 Å². The van der Waals surface area contributed by atoms with Crippen LogP contribution in [0.25, 0.3) is 0 Å². The summed E-state index contributed by atoms with van der Waals surface area (Å²) in [4.78, 5) is 4.19. The Bertz CT molecular complexity index is 648. The molecule has 23 heavy (non-hydrogen) atoms. The van der Waals surface area contributed by atoms with Crippen molar-refractivity contribution in [1.82, 2.24) is 20.1 Å². The second kappa shape index (κ2) is 7.31. The second-order valence-corrected chi connectivity index (χ2v) is 7.87. The third-order valence-corrected chi connectivity index (χ3v) is 5.38. The Kier molecular flexibility index (Phi) is 5.64. The first kappa shape index (κ1) is 17.7. The fourth-order valence-electron chi connectivity index (χ4n) is 2.65. The van der Waals surface area contributed by atoms with Crippen LogP contribution >= 0.6 is 0 Å². The molecule has 2 heterocycles. The van der Waals surface area contributed by atoms with E-state index in [1.54, 1.807) is 7.05 Å². The number of aliphatic imine (C=N–C) groups is 1. The van der Waals surface area contributed by atoms with Crippen LogP contribution in [-0.2, 0) is 16.6 Å². The molecular formula is C14H25N5O3S. The summed E-state index contributed by atoms with van der Waals surface area (Å²) >= 11 is 0. The molecule has 0 aliphatic carbocycles. The van der Waals surface area contributed by atoms with Gasteiger partial charge in [0.25, 0.3) is 0 Å². The van der Waals surface area contributed by atoms with Crippen molar-refractivity contribution in [2.45, 2.75) is 26.8 Å². The first-order valence-corrected chi connectivity index (χ1v) is 9.47. The molecule has 130 valence electrons. The minimum atomic E-state index is -3.09. The summed E-state index contributed by atoms with van der Waals surface area (Å²) < 4.78 is 29.7. The van der Waals surface area contributed by atoms with Crippen molar-refractivity contribution in [1.29, 1.82) is 0 Å². The van der Waals surface area contributed by atoms with Crippen LogP contribution in [0.5, 0.6) is 0 Å². The Hall–Kier alpha value is -1.61. The number of hydrogen-bond acceptors (Lipinski definition) is 5. The van der Waals surface area contributed by atoms with Crippen LogP contribution in [-0.4, -0.2) is 56.8 Å². The van der Waals surface area contributed by atoms with E-state index in [9.17, 15) is 8.42 Å². The highest BCUT2D eigenvalue weighted by atomic mass is 32.2. The summed E-state index contributed by atoms with van der Waals surface area (Å²) in [7, 11) is -1.38. The monoisotopic (exact) mass is 343 g/mol. The number of nitrogens with one attached hydrogen (secondary N) is 2. The van der Waals surface area contributed by atoms with E-state index in [0.717, 1.165) is 23.4 Å². The van der Waals surface area contributed by atoms with Gasteiger partial charge in [-0.3, -0.25) is 4.99 Å². The van der Waals surface area contributed by atoms with Gasteiger partial charge in [-0.15, -0.1) is 0 Å². The highest BCUT2D eigenvalue weighted by Crippen LogP contribution is 2.17. The standard InChI is InChI=1S/C14H25N5O3S/c1-10-13(11(2)22-18-10)8-17-14(15-3)16-7-12-5-6-19(9-12)23(4,20)21/h12H,5-9H2,1-4H3,(H2,15,16,17). The molecule has 2 N–H and O–H groups in total. The van der Waals surface area contributed by atoms with E-state index in [1.165, 1.54) is 10.6 Å². The minimum absolute atomic E-state index is 0.294. The van der Waals surface area contributed by atoms with Gasteiger partial charge < -0.3 is 15.2 Å². The van der Waals surface area contributed by atoms with Crippen molar-refractivity contribution >= 4 is 16.0 Å². The Morgan fingerprint density at radius 2 is 2.17 bits per heavy atom. The molecule has 1 atom stereocenters. The van der Waals surface area contributed by atoms with Crippen molar-refractivity contribution in [3.05, 3.63) is 17.0 Å². The van der Waals surface area contributed by atoms with Gasteiger partial charge in [0.1, 0.15) is 5.76 Å². The highest BCUT2D eigenvalue weighted by molar-refractivity contribution is 7.88. The van der Waals surface area contributed by atoms with E-state index in [4.69, 9.17) is 4.52 Å². The average Bonchev–Trinajstić information content (AvgIpc) is 3.08. The molecule has 1 aliphatic rings. The van der Waals surface area contributed by atoms with Crippen molar-refractivity contribution in [3.63, 3.8) is 0 Å². The minimum Gasteiger partial charge on any atom is -0.361 e. The van der Waals surface area contributed by atoms with Crippen LogP contribution < -0.4 is 10.6 Å². The molecular weight excluding hydrogens is 318 g/mol. The summed E-state index contributed by atoms with van der Waals surface area (Å²) in [6, 6.07) is 0. The Balaban J connectivity index is 1.80. The summed E-state index contributed by atoms with van der Waals surface area (Å²) in [6.07, 6.45) is 2.12. The first-order valence-electron chi connectivity index (χ1n) is 7.62. The van der Waals surface area contributed by atoms with Gasteiger partial charge in [-0.1, -0.05) is 5.16 Å². The van der Waals surface area contributed by atoms with E-state index in [-0.39, 0.29) is 0 Å². The molecule has 0 spiro atoms. The predicted molar refractivity (Wildman–Crippen MR) is 88.7 cm³/mol. The highest BCUT2D eigenvalue weighted by Gasteiger charge is 2.28. The van der Waals surface area contributed by atoms with E-state index < -0.39 is 10.0 Å². The average molecular weight is 343 g/mol. The van der Waals surface area contributed by atoms with Crippen LogP contribution in [0.4, 0.5) is 0 Å². The van der Waals surface area contributed by atoms with Crippen LogP contribution in [0.3, 0.4) is 0 Å². The van der Waals surface area contributed by atoms with E-state index in [2.05, 4.69) is 20.8 Å². The normalized spacial score (nSPS) is 20.0. The SMILES string of the molecule is CN=C(NCc1c(C)noc1C)NCC1CCN(S(C)(=O)=O)C1. The van der Waals surface area contributed by atoms with Crippen LogP contribution in [0.1, 0.15) is 23.4 Å². The molecule has 0 bridgehead atoms. The van der Waals surface area contributed by atoms with Crippen LogP contribution in [0.15, 0.2) is 9.52 Å². The maximum atomic E-state index is 11.5. The van der Waals surface area contributed by atoms with Crippen molar-refractivity contribution < 1.29 is 12.9 Å². The maximum Gasteiger partial charge on any atom is 0.211 e. The molecule has 1 aromatic heterocycles. The van der Waals surface area contributed by atoms with E-state index in [0.29, 0.717) is 38.1 Å². The zero-order chi connectivity index (χ0) is 17.0.